The number of nitrogens with zero attached hydrogens (tertiary/aromatic N) is 3. The highest BCUT2D eigenvalue weighted by atomic mass is 32.1. The minimum atomic E-state index is 0.0872. The number of guanidine groups is 1. The number of aromatic nitrogens is 2. The first-order chi connectivity index (χ1) is 11.5. The molecule has 0 amide bonds. The van der Waals surface area contributed by atoms with Gasteiger partial charge in [-0.3, -0.25) is 4.98 Å². The summed E-state index contributed by atoms with van der Waals surface area (Å²) in [5.41, 5.74) is 2.30. The predicted molar refractivity (Wildman–Crippen MR) is 102 cm³/mol. The van der Waals surface area contributed by atoms with Crippen molar-refractivity contribution in [3.8, 4) is 0 Å². The third-order valence-corrected chi connectivity index (χ3v) is 4.27. The first-order valence-electron chi connectivity index (χ1n) is 8.36. The average molecular weight is 346 g/mol. The largest absolute Gasteiger partial charge is 0.357 e. The summed E-state index contributed by atoms with van der Waals surface area (Å²) in [6.45, 7) is 10.8. The van der Waals surface area contributed by atoms with E-state index in [1.165, 1.54) is 0 Å². The zero-order chi connectivity index (χ0) is 17.4. The lowest BCUT2D eigenvalue weighted by Gasteiger charge is -2.14. The van der Waals surface area contributed by atoms with Crippen molar-refractivity contribution in [2.24, 2.45) is 4.99 Å². The molecule has 0 atom stereocenters. The number of aliphatic imine (C=N–C) groups is 1. The van der Waals surface area contributed by atoms with Gasteiger partial charge in [0.25, 0.3) is 0 Å². The van der Waals surface area contributed by atoms with Gasteiger partial charge in [0.2, 0.25) is 0 Å². The van der Waals surface area contributed by atoms with Crippen LogP contribution in [0.1, 0.15) is 44.1 Å². The highest BCUT2D eigenvalue weighted by Crippen LogP contribution is 2.24. The van der Waals surface area contributed by atoms with Crippen LogP contribution in [0.25, 0.3) is 0 Å². The monoisotopic (exact) mass is 345 g/mol. The summed E-state index contributed by atoms with van der Waals surface area (Å²) in [4.78, 5) is 13.7. The summed E-state index contributed by atoms with van der Waals surface area (Å²) in [5.74, 6) is 0.820. The Morgan fingerprint density at radius 3 is 2.71 bits per heavy atom. The predicted octanol–water partition coefficient (Wildman–Crippen LogP) is 3.13. The Balaban J connectivity index is 1.89. The van der Waals surface area contributed by atoms with Crippen molar-refractivity contribution in [1.29, 1.82) is 0 Å². The normalized spacial score (nSPS) is 12.2. The Bertz CT molecular complexity index is 643. The molecule has 0 aliphatic carbocycles. The molecular formula is C18H27N5S. The molecule has 2 heterocycles. The second kappa shape index (κ2) is 8.78. The van der Waals surface area contributed by atoms with Gasteiger partial charge in [-0.05, 0) is 19.1 Å². The molecule has 0 radical (unpaired) electrons. The molecule has 2 aromatic rings. The van der Waals surface area contributed by atoms with E-state index < -0.39 is 0 Å². The van der Waals surface area contributed by atoms with Crippen molar-refractivity contribution < 1.29 is 0 Å². The molecule has 130 valence electrons. The maximum Gasteiger partial charge on any atom is 0.191 e. The molecule has 24 heavy (non-hydrogen) atoms. The van der Waals surface area contributed by atoms with Gasteiger partial charge in [-0.2, -0.15) is 0 Å². The Hall–Kier alpha value is -1.95. The average Bonchev–Trinajstić information content (AvgIpc) is 3.03. The van der Waals surface area contributed by atoms with E-state index in [0.29, 0.717) is 6.54 Å². The summed E-state index contributed by atoms with van der Waals surface area (Å²) in [7, 11) is 0. The van der Waals surface area contributed by atoms with E-state index in [1.807, 2.05) is 24.4 Å². The highest BCUT2D eigenvalue weighted by Gasteiger charge is 2.17. The van der Waals surface area contributed by atoms with Gasteiger partial charge in [0, 0.05) is 42.2 Å². The lowest BCUT2D eigenvalue weighted by atomic mass is 9.93. The van der Waals surface area contributed by atoms with Crippen molar-refractivity contribution in [3.05, 3.63) is 46.2 Å². The number of rotatable bonds is 6. The summed E-state index contributed by atoms with van der Waals surface area (Å²) in [6, 6.07) is 5.98. The molecule has 0 saturated carbocycles. The molecule has 6 heteroatoms. The fraction of sp³-hybridized carbons (Fsp3) is 0.500. The zero-order valence-corrected chi connectivity index (χ0v) is 15.8. The van der Waals surface area contributed by atoms with Crippen LogP contribution in [0.2, 0.25) is 0 Å². The van der Waals surface area contributed by atoms with E-state index in [1.54, 1.807) is 11.3 Å². The maximum absolute atomic E-state index is 4.69. The standard InChI is InChI=1S/C18H27N5S/c1-5-19-17(21-11-9-14-8-6-7-10-20-14)22-12-16-23-15(13-24-16)18(2,3)4/h6-8,10,13H,5,9,11-12H2,1-4H3,(H2,19,21,22). The topological polar surface area (TPSA) is 62.2 Å². The van der Waals surface area contributed by atoms with Crippen LogP contribution in [-0.2, 0) is 18.4 Å². The fourth-order valence-electron chi connectivity index (χ4n) is 2.07. The first-order valence-corrected chi connectivity index (χ1v) is 9.24. The molecule has 2 rings (SSSR count). The zero-order valence-electron chi connectivity index (χ0n) is 15.0. The van der Waals surface area contributed by atoms with E-state index >= 15 is 0 Å². The molecule has 0 unspecified atom stereocenters. The summed E-state index contributed by atoms with van der Waals surface area (Å²) in [5, 5.41) is 9.80. The fourth-order valence-corrected chi connectivity index (χ4v) is 3.02. The van der Waals surface area contributed by atoms with Crippen molar-refractivity contribution in [3.63, 3.8) is 0 Å². The molecule has 0 saturated heterocycles. The maximum atomic E-state index is 4.69. The quantitative estimate of drug-likeness (QED) is 0.624. The smallest absolute Gasteiger partial charge is 0.191 e. The van der Waals surface area contributed by atoms with Gasteiger partial charge in [-0.25, -0.2) is 9.98 Å². The Labute approximate surface area is 148 Å². The summed E-state index contributed by atoms with van der Waals surface area (Å²) >= 11 is 1.67. The third-order valence-electron chi connectivity index (χ3n) is 3.44. The number of nitrogens with one attached hydrogen (secondary N) is 2. The van der Waals surface area contributed by atoms with Crippen LogP contribution < -0.4 is 10.6 Å². The third kappa shape index (κ3) is 5.92. The van der Waals surface area contributed by atoms with E-state index in [0.717, 1.165) is 41.9 Å². The number of hydrogen-bond acceptors (Lipinski definition) is 4. The molecule has 2 aromatic heterocycles. The summed E-state index contributed by atoms with van der Waals surface area (Å²) < 4.78 is 0. The molecule has 2 N–H and O–H groups in total. The van der Waals surface area contributed by atoms with Crippen LogP contribution in [0.5, 0.6) is 0 Å². The van der Waals surface area contributed by atoms with E-state index in [9.17, 15) is 0 Å². The minimum Gasteiger partial charge on any atom is -0.357 e. The van der Waals surface area contributed by atoms with Crippen LogP contribution in [0.3, 0.4) is 0 Å². The van der Waals surface area contributed by atoms with Crippen molar-refractivity contribution in [2.75, 3.05) is 13.1 Å². The highest BCUT2D eigenvalue weighted by molar-refractivity contribution is 7.09. The van der Waals surface area contributed by atoms with Gasteiger partial charge in [0.15, 0.2) is 5.96 Å². The lowest BCUT2D eigenvalue weighted by molar-refractivity contribution is 0.571. The van der Waals surface area contributed by atoms with Crippen molar-refractivity contribution in [2.45, 2.75) is 46.1 Å². The lowest BCUT2D eigenvalue weighted by Crippen LogP contribution is -2.38. The van der Waals surface area contributed by atoms with Gasteiger partial charge in [0.05, 0.1) is 12.2 Å². The van der Waals surface area contributed by atoms with Crippen LogP contribution in [0.15, 0.2) is 34.8 Å². The van der Waals surface area contributed by atoms with Gasteiger partial charge in [-0.1, -0.05) is 26.8 Å². The van der Waals surface area contributed by atoms with E-state index in [4.69, 9.17) is 0 Å². The minimum absolute atomic E-state index is 0.0872. The molecular weight excluding hydrogens is 318 g/mol. The van der Waals surface area contributed by atoms with E-state index in [2.05, 4.69) is 58.7 Å². The Kier molecular flexibility index (Phi) is 6.73. The molecule has 0 aliphatic heterocycles. The van der Waals surface area contributed by atoms with Crippen LogP contribution in [-0.4, -0.2) is 29.0 Å². The van der Waals surface area contributed by atoms with E-state index in [-0.39, 0.29) is 5.41 Å². The van der Waals surface area contributed by atoms with Crippen LogP contribution in [0, 0.1) is 0 Å². The first kappa shape index (κ1) is 18.4. The summed E-state index contributed by atoms with van der Waals surface area (Å²) in [6.07, 6.45) is 2.70. The van der Waals surface area contributed by atoms with Gasteiger partial charge < -0.3 is 10.6 Å². The molecule has 0 aromatic carbocycles. The van der Waals surface area contributed by atoms with Gasteiger partial charge >= 0.3 is 0 Å². The molecule has 0 spiro atoms. The van der Waals surface area contributed by atoms with Crippen LogP contribution >= 0.6 is 11.3 Å². The van der Waals surface area contributed by atoms with Crippen molar-refractivity contribution >= 4 is 17.3 Å². The van der Waals surface area contributed by atoms with Crippen LogP contribution in [0.4, 0.5) is 0 Å². The number of thiazole rings is 1. The number of pyridine rings is 1. The molecule has 5 nitrogen and oxygen atoms in total. The molecule has 0 aliphatic rings. The Morgan fingerprint density at radius 2 is 2.08 bits per heavy atom. The SMILES string of the molecule is CCNC(=NCc1nc(C(C)(C)C)cs1)NCCc1ccccn1. The van der Waals surface area contributed by atoms with Gasteiger partial charge in [-0.15, -0.1) is 11.3 Å². The van der Waals surface area contributed by atoms with Gasteiger partial charge in [0.1, 0.15) is 5.01 Å². The molecule has 0 bridgehead atoms. The number of hydrogen-bond donors (Lipinski definition) is 2. The second-order valence-corrected chi connectivity index (χ2v) is 7.51. The van der Waals surface area contributed by atoms with Crippen molar-refractivity contribution in [1.82, 2.24) is 20.6 Å². The Morgan fingerprint density at radius 1 is 1.25 bits per heavy atom. The second-order valence-electron chi connectivity index (χ2n) is 6.57. The molecule has 0 fully saturated rings.